The molecule has 1 saturated heterocycles. The molecule has 0 aliphatic carbocycles. The SMILES string of the molecule is CCCN(C(=O)CSc1nc2ccccc2n1CC)[C@@H]1CCS(=O)(=O)C1. The van der Waals surface area contributed by atoms with Gasteiger partial charge in [-0.15, -0.1) is 0 Å². The lowest BCUT2D eigenvalue weighted by molar-refractivity contribution is -0.130. The van der Waals surface area contributed by atoms with Crippen molar-refractivity contribution in [3.8, 4) is 0 Å². The Hall–Kier alpha value is -1.54. The molecule has 2 heterocycles. The summed E-state index contributed by atoms with van der Waals surface area (Å²) in [5, 5.41) is 0.831. The van der Waals surface area contributed by atoms with Crippen molar-refractivity contribution in [2.45, 2.75) is 44.4 Å². The first-order valence-corrected chi connectivity index (χ1v) is 11.8. The number of hydrogen-bond acceptors (Lipinski definition) is 5. The molecule has 26 heavy (non-hydrogen) atoms. The Morgan fingerprint density at radius 1 is 1.35 bits per heavy atom. The number of nitrogens with zero attached hydrogens (tertiary/aromatic N) is 3. The molecule has 0 spiro atoms. The quantitative estimate of drug-likeness (QED) is 0.674. The number of rotatable bonds is 7. The monoisotopic (exact) mass is 395 g/mol. The van der Waals surface area contributed by atoms with E-state index in [9.17, 15) is 13.2 Å². The molecule has 1 fully saturated rings. The van der Waals surface area contributed by atoms with Gasteiger partial charge in [0.25, 0.3) is 0 Å². The fourth-order valence-corrected chi connectivity index (χ4v) is 6.15. The maximum Gasteiger partial charge on any atom is 0.233 e. The van der Waals surface area contributed by atoms with E-state index in [1.54, 1.807) is 4.90 Å². The number of hydrogen-bond donors (Lipinski definition) is 0. The molecular weight excluding hydrogens is 370 g/mol. The minimum Gasteiger partial charge on any atom is -0.338 e. The van der Waals surface area contributed by atoms with Gasteiger partial charge in [-0.05, 0) is 31.9 Å². The van der Waals surface area contributed by atoms with E-state index in [0.717, 1.165) is 29.2 Å². The first-order valence-electron chi connectivity index (χ1n) is 9.03. The van der Waals surface area contributed by atoms with E-state index in [-0.39, 0.29) is 29.2 Å². The lowest BCUT2D eigenvalue weighted by Crippen LogP contribution is -2.42. The van der Waals surface area contributed by atoms with Crippen molar-refractivity contribution < 1.29 is 13.2 Å². The first-order chi connectivity index (χ1) is 12.4. The number of amides is 1. The summed E-state index contributed by atoms with van der Waals surface area (Å²) < 4.78 is 25.7. The number of carbonyl (C=O) groups is 1. The average Bonchev–Trinajstić information content (AvgIpc) is 3.16. The first kappa shape index (κ1) is 19.2. The van der Waals surface area contributed by atoms with E-state index >= 15 is 0 Å². The van der Waals surface area contributed by atoms with E-state index in [4.69, 9.17) is 0 Å². The zero-order valence-electron chi connectivity index (χ0n) is 15.2. The molecule has 3 rings (SSSR count). The summed E-state index contributed by atoms with van der Waals surface area (Å²) in [7, 11) is -3.00. The molecule has 1 aliphatic rings. The van der Waals surface area contributed by atoms with Crippen LogP contribution in [0.1, 0.15) is 26.7 Å². The normalized spacial score (nSPS) is 19.1. The van der Waals surface area contributed by atoms with Crippen LogP contribution in [0.15, 0.2) is 29.4 Å². The molecule has 1 amide bonds. The Morgan fingerprint density at radius 3 is 2.77 bits per heavy atom. The molecule has 0 N–H and O–H groups in total. The number of para-hydroxylation sites is 2. The average molecular weight is 396 g/mol. The maximum atomic E-state index is 12.8. The minimum atomic E-state index is -3.00. The van der Waals surface area contributed by atoms with Crippen molar-refractivity contribution in [2.24, 2.45) is 0 Å². The van der Waals surface area contributed by atoms with Gasteiger partial charge in [0.2, 0.25) is 5.91 Å². The summed E-state index contributed by atoms with van der Waals surface area (Å²) in [4.78, 5) is 19.2. The Kier molecular flexibility index (Phi) is 5.92. The lowest BCUT2D eigenvalue weighted by Gasteiger charge is -2.27. The van der Waals surface area contributed by atoms with Crippen molar-refractivity contribution in [3.63, 3.8) is 0 Å². The molecule has 8 heteroatoms. The van der Waals surface area contributed by atoms with Gasteiger partial charge in [-0.3, -0.25) is 4.79 Å². The van der Waals surface area contributed by atoms with Gasteiger partial charge in [0, 0.05) is 19.1 Å². The van der Waals surface area contributed by atoms with E-state index in [1.807, 2.05) is 31.2 Å². The van der Waals surface area contributed by atoms with Crippen molar-refractivity contribution in [1.82, 2.24) is 14.5 Å². The molecule has 1 aromatic carbocycles. The second-order valence-electron chi connectivity index (χ2n) is 6.56. The summed E-state index contributed by atoms with van der Waals surface area (Å²) in [6.45, 7) is 5.46. The number of aromatic nitrogens is 2. The fraction of sp³-hybridized carbons (Fsp3) is 0.556. The van der Waals surface area contributed by atoms with Crippen LogP contribution in [0.2, 0.25) is 0 Å². The third-order valence-corrected chi connectivity index (χ3v) is 7.41. The number of fused-ring (bicyclic) bond motifs is 1. The van der Waals surface area contributed by atoms with Crippen LogP contribution in [0.3, 0.4) is 0 Å². The van der Waals surface area contributed by atoms with Crippen LogP contribution >= 0.6 is 11.8 Å². The summed E-state index contributed by atoms with van der Waals surface area (Å²) in [6, 6.07) is 7.76. The topological polar surface area (TPSA) is 72.3 Å². The van der Waals surface area contributed by atoms with Gasteiger partial charge in [0.15, 0.2) is 15.0 Å². The molecule has 6 nitrogen and oxygen atoms in total. The minimum absolute atomic E-state index is 0.00587. The Labute approximate surface area is 158 Å². The predicted molar refractivity (Wildman–Crippen MR) is 105 cm³/mol. The van der Waals surface area contributed by atoms with Crippen LogP contribution < -0.4 is 0 Å². The van der Waals surface area contributed by atoms with Gasteiger partial charge in [0.1, 0.15) is 0 Å². The van der Waals surface area contributed by atoms with Crippen LogP contribution in [-0.4, -0.2) is 58.6 Å². The number of imidazole rings is 1. The Morgan fingerprint density at radius 2 is 2.12 bits per heavy atom. The largest absolute Gasteiger partial charge is 0.338 e. The van der Waals surface area contributed by atoms with Gasteiger partial charge in [0.05, 0.1) is 28.3 Å². The highest BCUT2D eigenvalue weighted by Crippen LogP contribution is 2.25. The van der Waals surface area contributed by atoms with Crippen molar-refractivity contribution in [1.29, 1.82) is 0 Å². The maximum absolute atomic E-state index is 12.8. The van der Waals surface area contributed by atoms with E-state index < -0.39 is 9.84 Å². The molecule has 1 aliphatic heterocycles. The molecule has 0 radical (unpaired) electrons. The number of carbonyl (C=O) groups excluding carboxylic acids is 1. The summed E-state index contributed by atoms with van der Waals surface area (Å²) in [5.41, 5.74) is 1.99. The number of thioether (sulfide) groups is 1. The molecule has 2 aromatic rings. The summed E-state index contributed by atoms with van der Waals surface area (Å²) in [5.74, 6) is 0.550. The van der Waals surface area contributed by atoms with Crippen LogP contribution in [0.25, 0.3) is 11.0 Å². The summed E-state index contributed by atoms with van der Waals surface area (Å²) in [6.07, 6.45) is 1.37. The zero-order valence-corrected chi connectivity index (χ0v) is 16.9. The van der Waals surface area contributed by atoms with Crippen LogP contribution in [0.4, 0.5) is 0 Å². The molecule has 0 bridgehead atoms. The van der Waals surface area contributed by atoms with E-state index in [2.05, 4.69) is 16.5 Å². The molecule has 142 valence electrons. The molecule has 1 aromatic heterocycles. The smallest absolute Gasteiger partial charge is 0.233 e. The summed E-state index contributed by atoms with van der Waals surface area (Å²) >= 11 is 1.43. The predicted octanol–water partition coefficient (Wildman–Crippen LogP) is 2.57. The van der Waals surface area contributed by atoms with Gasteiger partial charge >= 0.3 is 0 Å². The third kappa shape index (κ3) is 4.06. The highest BCUT2D eigenvalue weighted by atomic mass is 32.2. The zero-order chi connectivity index (χ0) is 18.7. The van der Waals surface area contributed by atoms with Gasteiger partial charge in [-0.2, -0.15) is 0 Å². The Balaban J connectivity index is 1.72. The number of benzene rings is 1. The van der Waals surface area contributed by atoms with Gasteiger partial charge in [-0.1, -0.05) is 30.8 Å². The second kappa shape index (κ2) is 8.00. The van der Waals surface area contributed by atoms with Gasteiger partial charge in [-0.25, -0.2) is 13.4 Å². The number of aryl methyl sites for hydroxylation is 1. The highest BCUT2D eigenvalue weighted by Gasteiger charge is 2.34. The van der Waals surface area contributed by atoms with Crippen molar-refractivity contribution >= 4 is 38.5 Å². The van der Waals surface area contributed by atoms with E-state index in [1.165, 1.54) is 11.8 Å². The third-order valence-electron chi connectivity index (χ3n) is 4.69. The van der Waals surface area contributed by atoms with Crippen LogP contribution in [-0.2, 0) is 21.2 Å². The van der Waals surface area contributed by atoms with Crippen molar-refractivity contribution in [3.05, 3.63) is 24.3 Å². The Bertz CT molecular complexity index is 892. The molecule has 1 atom stereocenters. The van der Waals surface area contributed by atoms with Gasteiger partial charge < -0.3 is 9.47 Å². The highest BCUT2D eigenvalue weighted by molar-refractivity contribution is 7.99. The van der Waals surface area contributed by atoms with Crippen LogP contribution in [0, 0.1) is 0 Å². The molecular formula is C18H25N3O3S2. The fourth-order valence-electron chi connectivity index (χ4n) is 3.45. The standard InChI is InChI=1S/C18H25N3O3S2/c1-3-10-21(14-9-11-26(23,24)13-14)17(22)12-25-18-19-15-7-5-6-8-16(15)20(18)4-2/h5-8,14H,3-4,9-13H2,1-2H3/t14-/m1/s1. The molecule has 0 unspecified atom stereocenters. The second-order valence-corrected chi connectivity index (χ2v) is 9.73. The molecule has 0 saturated carbocycles. The van der Waals surface area contributed by atoms with Crippen LogP contribution in [0.5, 0.6) is 0 Å². The van der Waals surface area contributed by atoms with E-state index in [0.29, 0.717) is 13.0 Å². The lowest BCUT2D eigenvalue weighted by atomic mass is 10.2. The number of sulfone groups is 1. The van der Waals surface area contributed by atoms with Crippen molar-refractivity contribution in [2.75, 3.05) is 23.8 Å².